The molecule has 21 heavy (non-hydrogen) atoms. The first-order valence-electron chi connectivity index (χ1n) is 6.48. The average Bonchev–Trinajstić information content (AvgIpc) is 2.37. The second-order valence-corrected chi connectivity index (χ2v) is 4.70. The van der Waals surface area contributed by atoms with Gasteiger partial charge in [-0.15, -0.1) is 6.42 Å². The highest BCUT2D eigenvalue weighted by atomic mass is 35.5. The largest absolute Gasteiger partial charge is 0.490 e. The molecule has 114 valence electrons. The van der Waals surface area contributed by atoms with Gasteiger partial charge in [-0.25, -0.2) is 4.79 Å². The van der Waals surface area contributed by atoms with Crippen molar-refractivity contribution in [3.8, 4) is 23.8 Å². The topological polar surface area (TPSA) is 56.8 Å². The van der Waals surface area contributed by atoms with Crippen LogP contribution in [0.2, 0.25) is 5.02 Å². The first-order chi connectivity index (χ1) is 9.97. The van der Waals surface area contributed by atoms with Crippen LogP contribution in [0.3, 0.4) is 0 Å². The Morgan fingerprint density at radius 3 is 2.71 bits per heavy atom. The Balaban J connectivity index is 2.97. The van der Waals surface area contributed by atoms with Gasteiger partial charge in [0.1, 0.15) is 6.61 Å². The maximum atomic E-state index is 11.6. The highest BCUT2D eigenvalue weighted by Gasteiger charge is 2.14. The van der Waals surface area contributed by atoms with E-state index in [0.29, 0.717) is 23.8 Å². The second-order valence-electron chi connectivity index (χ2n) is 4.29. The lowest BCUT2D eigenvalue weighted by Crippen LogP contribution is -2.18. The van der Waals surface area contributed by atoms with E-state index in [-0.39, 0.29) is 17.7 Å². The summed E-state index contributed by atoms with van der Waals surface area (Å²) in [4.78, 5) is 11.6. The maximum absolute atomic E-state index is 11.6. The van der Waals surface area contributed by atoms with Crippen LogP contribution in [-0.2, 0) is 4.74 Å². The Labute approximate surface area is 129 Å². The fourth-order valence-electron chi connectivity index (χ4n) is 1.52. The fraction of sp³-hybridized carbons (Fsp3) is 0.400. The Kier molecular flexibility index (Phi) is 6.70. The summed E-state index contributed by atoms with van der Waals surface area (Å²) in [7, 11) is 0. The fourth-order valence-corrected chi connectivity index (χ4v) is 1.78. The number of amides is 1. The number of benzene rings is 1. The molecule has 0 unspecified atom stereocenters. The molecule has 1 N–H and O–H groups in total. The summed E-state index contributed by atoms with van der Waals surface area (Å²) >= 11 is 6.13. The van der Waals surface area contributed by atoms with E-state index < -0.39 is 6.09 Å². The third-order valence-electron chi connectivity index (χ3n) is 2.20. The Morgan fingerprint density at radius 2 is 2.14 bits per heavy atom. The molecule has 1 rings (SSSR count). The van der Waals surface area contributed by atoms with E-state index in [2.05, 4.69) is 11.2 Å². The van der Waals surface area contributed by atoms with E-state index in [1.807, 2.05) is 6.92 Å². The maximum Gasteiger partial charge on any atom is 0.411 e. The first-order valence-corrected chi connectivity index (χ1v) is 6.86. The Morgan fingerprint density at radius 1 is 1.43 bits per heavy atom. The third-order valence-corrected chi connectivity index (χ3v) is 2.48. The minimum Gasteiger partial charge on any atom is -0.490 e. The van der Waals surface area contributed by atoms with Crippen molar-refractivity contribution < 1.29 is 19.0 Å². The Hall–Kier alpha value is -2.06. The van der Waals surface area contributed by atoms with Gasteiger partial charge in [0, 0.05) is 11.8 Å². The van der Waals surface area contributed by atoms with Crippen molar-refractivity contribution in [2.75, 3.05) is 18.5 Å². The van der Waals surface area contributed by atoms with Gasteiger partial charge in [0.2, 0.25) is 0 Å². The van der Waals surface area contributed by atoms with Crippen molar-refractivity contribution in [1.29, 1.82) is 0 Å². The standard InChI is InChI=1S/C15H18ClNO4/c1-5-7-20-14-12(16)8-11(9-13(14)19-6-2)17-15(18)21-10(3)4/h1,8-10H,6-7H2,2-4H3,(H,17,18). The molecule has 0 fully saturated rings. The molecule has 0 aliphatic carbocycles. The molecule has 0 aliphatic heterocycles. The highest BCUT2D eigenvalue weighted by Crippen LogP contribution is 2.38. The number of anilines is 1. The molecule has 6 heteroatoms. The van der Waals surface area contributed by atoms with Gasteiger partial charge in [-0.05, 0) is 26.8 Å². The van der Waals surface area contributed by atoms with Crippen LogP contribution in [0.1, 0.15) is 20.8 Å². The summed E-state index contributed by atoms with van der Waals surface area (Å²) < 4.78 is 15.8. The second kappa shape index (κ2) is 8.28. The molecule has 1 amide bonds. The quantitative estimate of drug-likeness (QED) is 0.814. The Bertz CT molecular complexity index is 537. The monoisotopic (exact) mass is 311 g/mol. The number of halogens is 1. The van der Waals surface area contributed by atoms with Gasteiger partial charge in [0.15, 0.2) is 11.5 Å². The van der Waals surface area contributed by atoms with Gasteiger partial charge in [-0.2, -0.15) is 0 Å². The van der Waals surface area contributed by atoms with E-state index in [1.54, 1.807) is 19.9 Å². The minimum atomic E-state index is -0.569. The van der Waals surface area contributed by atoms with Gasteiger partial charge in [-0.1, -0.05) is 17.5 Å². The van der Waals surface area contributed by atoms with Crippen LogP contribution in [0, 0.1) is 12.3 Å². The molecule has 0 spiro atoms. The zero-order valence-electron chi connectivity index (χ0n) is 12.2. The zero-order chi connectivity index (χ0) is 15.8. The van der Waals surface area contributed by atoms with Gasteiger partial charge < -0.3 is 14.2 Å². The van der Waals surface area contributed by atoms with Gasteiger partial charge in [-0.3, -0.25) is 5.32 Å². The SMILES string of the molecule is C#CCOc1c(Cl)cc(NC(=O)OC(C)C)cc1OCC. The van der Waals surface area contributed by atoms with E-state index in [1.165, 1.54) is 6.07 Å². The first kappa shape index (κ1) is 17.0. The molecule has 0 saturated carbocycles. The summed E-state index contributed by atoms with van der Waals surface area (Å²) in [6, 6.07) is 3.14. The van der Waals surface area contributed by atoms with Crippen molar-refractivity contribution >= 4 is 23.4 Å². The molecule has 0 aliphatic rings. The number of nitrogens with one attached hydrogen (secondary N) is 1. The van der Waals surface area contributed by atoms with Crippen LogP contribution >= 0.6 is 11.6 Å². The number of hydrogen-bond donors (Lipinski definition) is 1. The normalized spacial score (nSPS) is 9.90. The smallest absolute Gasteiger partial charge is 0.411 e. The van der Waals surface area contributed by atoms with Crippen molar-refractivity contribution in [2.24, 2.45) is 0 Å². The third kappa shape index (κ3) is 5.44. The predicted molar refractivity (Wildman–Crippen MR) is 82.2 cm³/mol. The van der Waals surface area contributed by atoms with E-state index in [0.717, 1.165) is 0 Å². The average molecular weight is 312 g/mol. The summed E-state index contributed by atoms with van der Waals surface area (Å²) in [6.07, 6.45) is 4.37. The molecular formula is C15H18ClNO4. The van der Waals surface area contributed by atoms with Crippen LogP contribution in [0.4, 0.5) is 10.5 Å². The molecule has 1 aromatic carbocycles. The highest BCUT2D eigenvalue weighted by molar-refractivity contribution is 6.32. The molecule has 0 radical (unpaired) electrons. The minimum absolute atomic E-state index is 0.0714. The van der Waals surface area contributed by atoms with E-state index in [9.17, 15) is 4.79 Å². The lowest BCUT2D eigenvalue weighted by Gasteiger charge is -2.15. The number of hydrogen-bond acceptors (Lipinski definition) is 4. The molecule has 0 bridgehead atoms. The predicted octanol–water partition coefficient (Wildman–Crippen LogP) is 3.71. The van der Waals surface area contributed by atoms with Crippen molar-refractivity contribution in [1.82, 2.24) is 0 Å². The number of carbonyl (C=O) groups is 1. The van der Waals surface area contributed by atoms with Gasteiger partial charge >= 0.3 is 6.09 Å². The van der Waals surface area contributed by atoms with Crippen LogP contribution < -0.4 is 14.8 Å². The number of carbonyl (C=O) groups excluding carboxylic acids is 1. The molecule has 1 aromatic rings. The molecule has 0 heterocycles. The van der Waals surface area contributed by atoms with E-state index in [4.69, 9.17) is 32.2 Å². The van der Waals surface area contributed by atoms with Crippen LogP contribution in [0.25, 0.3) is 0 Å². The molecule has 0 saturated heterocycles. The summed E-state index contributed by atoms with van der Waals surface area (Å²) in [6.45, 7) is 5.83. The number of terminal acetylenes is 1. The van der Waals surface area contributed by atoms with Crippen LogP contribution in [-0.4, -0.2) is 25.4 Å². The van der Waals surface area contributed by atoms with E-state index >= 15 is 0 Å². The number of rotatable bonds is 6. The van der Waals surface area contributed by atoms with Crippen molar-refractivity contribution in [2.45, 2.75) is 26.9 Å². The van der Waals surface area contributed by atoms with Crippen molar-refractivity contribution in [3.05, 3.63) is 17.2 Å². The van der Waals surface area contributed by atoms with Crippen molar-refractivity contribution in [3.63, 3.8) is 0 Å². The van der Waals surface area contributed by atoms with Crippen LogP contribution in [0.5, 0.6) is 11.5 Å². The van der Waals surface area contributed by atoms with Gasteiger partial charge in [0.25, 0.3) is 0 Å². The molecular weight excluding hydrogens is 294 g/mol. The summed E-state index contributed by atoms with van der Waals surface area (Å²) in [5, 5.41) is 2.86. The molecule has 5 nitrogen and oxygen atoms in total. The van der Waals surface area contributed by atoms with Gasteiger partial charge in [0.05, 0.1) is 17.7 Å². The lowest BCUT2D eigenvalue weighted by molar-refractivity contribution is 0.130. The van der Waals surface area contributed by atoms with Crippen LogP contribution in [0.15, 0.2) is 12.1 Å². The summed E-state index contributed by atoms with van der Waals surface area (Å²) in [5.74, 6) is 3.10. The molecule has 0 aromatic heterocycles. The lowest BCUT2D eigenvalue weighted by atomic mass is 10.2. The summed E-state index contributed by atoms with van der Waals surface area (Å²) in [5.41, 5.74) is 0.446. The zero-order valence-corrected chi connectivity index (χ0v) is 13.0. The molecule has 0 atom stereocenters. The number of ether oxygens (including phenoxy) is 3.